The summed E-state index contributed by atoms with van der Waals surface area (Å²) in [6.07, 6.45) is 0. The predicted octanol–water partition coefficient (Wildman–Crippen LogP) is 5.92. The number of amides is 1. The van der Waals surface area contributed by atoms with Crippen molar-refractivity contribution < 1.29 is 4.79 Å². The number of hydrogen-bond acceptors (Lipinski definition) is 1. The van der Waals surface area contributed by atoms with E-state index in [4.69, 9.17) is 23.2 Å². The molecule has 0 saturated carbocycles. The quantitative estimate of drug-likeness (QED) is 0.527. The zero-order valence-electron chi connectivity index (χ0n) is 10.3. The SMILES string of the molecule is Cc1cc(Cl)c(NC(=O)c2cc(Br)ccc2I)cc1Cl. The van der Waals surface area contributed by atoms with Crippen molar-refractivity contribution >= 4 is 73.3 Å². The van der Waals surface area contributed by atoms with Crippen LogP contribution in [0, 0.1) is 10.5 Å². The van der Waals surface area contributed by atoms with E-state index in [1.165, 1.54) is 0 Å². The summed E-state index contributed by atoms with van der Waals surface area (Å²) in [6, 6.07) is 8.89. The Morgan fingerprint density at radius 1 is 1.20 bits per heavy atom. The maximum atomic E-state index is 12.3. The molecule has 2 aromatic rings. The number of hydrogen-bond donors (Lipinski definition) is 1. The number of benzene rings is 2. The number of carbonyl (C=O) groups excluding carboxylic acids is 1. The molecule has 6 heteroatoms. The molecule has 20 heavy (non-hydrogen) atoms. The molecule has 0 aromatic heterocycles. The lowest BCUT2D eigenvalue weighted by atomic mass is 10.2. The van der Waals surface area contributed by atoms with E-state index in [1.807, 2.05) is 19.1 Å². The summed E-state index contributed by atoms with van der Waals surface area (Å²) in [7, 11) is 0. The highest BCUT2D eigenvalue weighted by Crippen LogP contribution is 2.29. The topological polar surface area (TPSA) is 29.1 Å². The summed E-state index contributed by atoms with van der Waals surface area (Å²) >= 11 is 17.6. The number of rotatable bonds is 2. The molecule has 2 rings (SSSR count). The second-order valence-electron chi connectivity index (χ2n) is 4.16. The zero-order valence-corrected chi connectivity index (χ0v) is 15.6. The van der Waals surface area contributed by atoms with Crippen LogP contribution in [-0.2, 0) is 0 Å². The fourth-order valence-corrected chi connectivity index (χ4v) is 2.97. The van der Waals surface area contributed by atoms with Gasteiger partial charge in [-0.05, 0) is 65.4 Å². The van der Waals surface area contributed by atoms with E-state index in [1.54, 1.807) is 18.2 Å². The molecule has 0 saturated heterocycles. The predicted molar refractivity (Wildman–Crippen MR) is 96.0 cm³/mol. The molecule has 2 aromatic carbocycles. The first-order valence-electron chi connectivity index (χ1n) is 5.60. The van der Waals surface area contributed by atoms with Crippen LogP contribution in [0.15, 0.2) is 34.8 Å². The minimum atomic E-state index is -0.225. The molecule has 0 fully saturated rings. The van der Waals surface area contributed by atoms with Crippen molar-refractivity contribution in [3.8, 4) is 0 Å². The van der Waals surface area contributed by atoms with Gasteiger partial charge in [0.2, 0.25) is 0 Å². The van der Waals surface area contributed by atoms with Crippen LogP contribution in [-0.4, -0.2) is 5.91 Å². The molecular weight excluding hydrogens is 476 g/mol. The van der Waals surface area contributed by atoms with E-state index in [2.05, 4.69) is 43.8 Å². The van der Waals surface area contributed by atoms with E-state index >= 15 is 0 Å². The van der Waals surface area contributed by atoms with Crippen LogP contribution in [0.3, 0.4) is 0 Å². The normalized spacial score (nSPS) is 10.4. The van der Waals surface area contributed by atoms with Gasteiger partial charge in [-0.2, -0.15) is 0 Å². The van der Waals surface area contributed by atoms with Crippen LogP contribution in [0.5, 0.6) is 0 Å². The molecule has 1 N–H and O–H groups in total. The highest BCUT2D eigenvalue weighted by atomic mass is 127. The van der Waals surface area contributed by atoms with Gasteiger partial charge in [0.1, 0.15) is 0 Å². The molecule has 0 radical (unpaired) electrons. The van der Waals surface area contributed by atoms with E-state index in [-0.39, 0.29) is 5.91 Å². The molecule has 1 amide bonds. The van der Waals surface area contributed by atoms with E-state index in [9.17, 15) is 4.79 Å². The van der Waals surface area contributed by atoms with Gasteiger partial charge in [-0.3, -0.25) is 4.79 Å². The first-order chi connectivity index (χ1) is 9.38. The largest absolute Gasteiger partial charge is 0.321 e. The Kier molecular flexibility index (Phi) is 5.34. The molecule has 0 spiro atoms. The van der Waals surface area contributed by atoms with Crippen molar-refractivity contribution in [1.82, 2.24) is 0 Å². The van der Waals surface area contributed by atoms with Crippen molar-refractivity contribution in [3.05, 3.63) is 59.5 Å². The molecule has 0 heterocycles. The van der Waals surface area contributed by atoms with Crippen LogP contribution in [0.1, 0.15) is 15.9 Å². The Labute approximate surface area is 149 Å². The third kappa shape index (κ3) is 3.67. The van der Waals surface area contributed by atoms with Crippen molar-refractivity contribution in [2.24, 2.45) is 0 Å². The Morgan fingerprint density at radius 3 is 2.60 bits per heavy atom. The second-order valence-corrected chi connectivity index (χ2v) is 7.05. The fraction of sp³-hybridized carbons (Fsp3) is 0.0714. The van der Waals surface area contributed by atoms with Crippen LogP contribution in [0.25, 0.3) is 0 Å². The molecule has 0 atom stereocenters. The summed E-state index contributed by atoms with van der Waals surface area (Å²) in [4.78, 5) is 12.3. The monoisotopic (exact) mass is 483 g/mol. The first kappa shape index (κ1) is 16.1. The molecule has 0 aliphatic heterocycles. The van der Waals surface area contributed by atoms with Crippen molar-refractivity contribution in [2.75, 3.05) is 5.32 Å². The standard InChI is InChI=1S/C14H9BrCl2INO/c1-7-4-11(17)13(6-10(7)16)19-14(20)9-5-8(15)2-3-12(9)18/h2-6H,1H3,(H,19,20). The van der Waals surface area contributed by atoms with E-state index < -0.39 is 0 Å². The fourth-order valence-electron chi connectivity index (χ4n) is 1.60. The summed E-state index contributed by atoms with van der Waals surface area (Å²) in [5.74, 6) is -0.225. The van der Waals surface area contributed by atoms with Gasteiger partial charge in [0.05, 0.1) is 16.3 Å². The molecule has 104 valence electrons. The van der Waals surface area contributed by atoms with Crippen LogP contribution in [0.2, 0.25) is 10.0 Å². The maximum Gasteiger partial charge on any atom is 0.256 e. The Balaban J connectivity index is 2.32. The smallest absolute Gasteiger partial charge is 0.256 e. The van der Waals surface area contributed by atoms with E-state index in [0.717, 1.165) is 13.6 Å². The van der Waals surface area contributed by atoms with Gasteiger partial charge >= 0.3 is 0 Å². The second kappa shape index (κ2) is 6.64. The van der Waals surface area contributed by atoms with Crippen molar-refractivity contribution in [2.45, 2.75) is 6.92 Å². The van der Waals surface area contributed by atoms with Crippen molar-refractivity contribution in [3.63, 3.8) is 0 Å². The van der Waals surface area contributed by atoms with Gasteiger partial charge in [0.15, 0.2) is 0 Å². The first-order valence-corrected chi connectivity index (χ1v) is 8.23. The highest BCUT2D eigenvalue weighted by molar-refractivity contribution is 14.1. The number of aryl methyl sites for hydroxylation is 1. The molecule has 0 unspecified atom stereocenters. The van der Waals surface area contributed by atoms with Gasteiger partial charge in [0.25, 0.3) is 5.91 Å². The number of anilines is 1. The van der Waals surface area contributed by atoms with E-state index in [0.29, 0.717) is 21.3 Å². The van der Waals surface area contributed by atoms with Gasteiger partial charge < -0.3 is 5.32 Å². The summed E-state index contributed by atoms with van der Waals surface area (Å²) in [5, 5.41) is 3.81. The summed E-state index contributed by atoms with van der Waals surface area (Å²) in [5.41, 5.74) is 1.95. The summed E-state index contributed by atoms with van der Waals surface area (Å²) in [6.45, 7) is 1.86. The lowest BCUT2D eigenvalue weighted by Crippen LogP contribution is -2.14. The lowest BCUT2D eigenvalue weighted by Gasteiger charge is -2.10. The maximum absolute atomic E-state index is 12.3. The number of nitrogens with one attached hydrogen (secondary N) is 1. The highest BCUT2D eigenvalue weighted by Gasteiger charge is 2.13. The molecule has 0 bridgehead atoms. The van der Waals surface area contributed by atoms with Gasteiger partial charge in [-0.15, -0.1) is 0 Å². The average Bonchev–Trinajstić information content (AvgIpc) is 2.38. The third-order valence-electron chi connectivity index (χ3n) is 2.67. The zero-order chi connectivity index (χ0) is 14.9. The van der Waals surface area contributed by atoms with Crippen LogP contribution < -0.4 is 5.32 Å². The Morgan fingerprint density at radius 2 is 1.90 bits per heavy atom. The Hall–Kier alpha value is -0.300. The van der Waals surface area contributed by atoms with Crippen molar-refractivity contribution in [1.29, 1.82) is 0 Å². The third-order valence-corrected chi connectivity index (χ3v) is 4.82. The number of halogens is 4. The summed E-state index contributed by atoms with van der Waals surface area (Å²) < 4.78 is 1.70. The lowest BCUT2D eigenvalue weighted by molar-refractivity contribution is 0.102. The minimum Gasteiger partial charge on any atom is -0.321 e. The molecular formula is C14H9BrCl2INO. The molecule has 2 nitrogen and oxygen atoms in total. The Bertz CT molecular complexity index is 691. The molecule has 0 aliphatic carbocycles. The minimum absolute atomic E-state index is 0.225. The van der Waals surface area contributed by atoms with Crippen LogP contribution in [0.4, 0.5) is 5.69 Å². The van der Waals surface area contributed by atoms with Gasteiger partial charge in [-0.25, -0.2) is 0 Å². The average molecular weight is 485 g/mol. The van der Waals surface area contributed by atoms with Gasteiger partial charge in [-0.1, -0.05) is 39.1 Å². The van der Waals surface area contributed by atoms with Gasteiger partial charge in [0, 0.05) is 13.1 Å². The van der Waals surface area contributed by atoms with Crippen LogP contribution >= 0.6 is 61.7 Å². The number of carbonyl (C=O) groups is 1. The molecule has 0 aliphatic rings.